The van der Waals surface area contributed by atoms with Crippen LogP contribution < -0.4 is 14.8 Å². The van der Waals surface area contributed by atoms with Crippen molar-refractivity contribution in [1.29, 1.82) is 0 Å². The van der Waals surface area contributed by atoms with Crippen LogP contribution in [0.5, 0.6) is 11.5 Å². The Hall–Kier alpha value is -2.31. The van der Waals surface area contributed by atoms with E-state index in [4.69, 9.17) is 21.7 Å². The fourth-order valence-corrected chi connectivity index (χ4v) is 3.74. The molecule has 4 rings (SSSR count). The predicted molar refractivity (Wildman–Crippen MR) is 105 cm³/mol. The van der Waals surface area contributed by atoms with Crippen LogP contribution in [-0.2, 0) is 6.54 Å². The summed E-state index contributed by atoms with van der Waals surface area (Å²) in [6, 6.07) is 16.9. The predicted octanol–water partition coefficient (Wildman–Crippen LogP) is 2.78. The first-order valence-electron chi connectivity index (χ1n) is 8.87. The Morgan fingerprint density at radius 3 is 2.77 bits per heavy atom. The number of fused-ring (bicyclic) bond motifs is 1. The Labute approximate surface area is 159 Å². The largest absolute Gasteiger partial charge is 0.454 e. The van der Waals surface area contributed by atoms with Crippen LogP contribution in [0.25, 0.3) is 0 Å². The van der Waals surface area contributed by atoms with Gasteiger partial charge in [-0.25, -0.2) is 0 Å². The fourth-order valence-electron chi connectivity index (χ4n) is 3.45. The van der Waals surface area contributed by atoms with Crippen LogP contribution in [0.3, 0.4) is 0 Å². The van der Waals surface area contributed by atoms with Crippen LogP contribution in [0, 0.1) is 0 Å². The van der Waals surface area contributed by atoms with Gasteiger partial charge in [-0.15, -0.1) is 0 Å². The minimum Gasteiger partial charge on any atom is -0.454 e. The van der Waals surface area contributed by atoms with Crippen molar-refractivity contribution in [2.45, 2.75) is 12.6 Å². The van der Waals surface area contributed by atoms with Gasteiger partial charge in [0.25, 0.3) is 0 Å². The molecule has 6 heteroatoms. The SMILES string of the molecule is CN1CCN(C(=S)NCc2ccc3c(c2)OCO3)[C@@H](c2ccccc2)C1. The van der Waals surface area contributed by atoms with E-state index in [0.29, 0.717) is 13.3 Å². The van der Waals surface area contributed by atoms with Crippen LogP contribution in [0.1, 0.15) is 17.2 Å². The van der Waals surface area contributed by atoms with Gasteiger partial charge in [-0.2, -0.15) is 0 Å². The molecule has 0 bridgehead atoms. The van der Waals surface area contributed by atoms with Gasteiger partial charge in [0.05, 0.1) is 6.04 Å². The molecule has 0 aliphatic carbocycles. The lowest BCUT2D eigenvalue weighted by molar-refractivity contribution is 0.150. The van der Waals surface area contributed by atoms with Crippen molar-refractivity contribution >= 4 is 17.3 Å². The second-order valence-electron chi connectivity index (χ2n) is 6.73. The van der Waals surface area contributed by atoms with Crippen LogP contribution in [0.2, 0.25) is 0 Å². The Morgan fingerprint density at radius 2 is 1.92 bits per heavy atom. The standard InChI is InChI=1S/C20H23N3O2S/c1-22-9-10-23(17(13-22)16-5-3-2-4-6-16)20(26)21-12-15-7-8-18-19(11-15)25-14-24-18/h2-8,11,17H,9-10,12-14H2,1H3,(H,21,26)/t17-/m1/s1. The smallest absolute Gasteiger partial charge is 0.231 e. The average molecular weight is 369 g/mol. The fraction of sp³-hybridized carbons (Fsp3) is 0.350. The van der Waals surface area contributed by atoms with Gasteiger partial charge in [-0.05, 0) is 42.5 Å². The summed E-state index contributed by atoms with van der Waals surface area (Å²) >= 11 is 5.73. The van der Waals surface area contributed by atoms with Gasteiger partial charge in [0.1, 0.15) is 0 Å². The van der Waals surface area contributed by atoms with E-state index in [0.717, 1.165) is 41.8 Å². The third-order valence-electron chi connectivity index (χ3n) is 4.91. The maximum atomic E-state index is 5.73. The Bertz CT molecular complexity index is 784. The summed E-state index contributed by atoms with van der Waals surface area (Å²) in [5.41, 5.74) is 2.42. The first kappa shape index (κ1) is 17.1. The minimum absolute atomic E-state index is 0.270. The lowest BCUT2D eigenvalue weighted by Gasteiger charge is -2.41. The van der Waals surface area contributed by atoms with Crippen molar-refractivity contribution < 1.29 is 9.47 Å². The van der Waals surface area contributed by atoms with Crippen LogP contribution in [0.15, 0.2) is 48.5 Å². The number of hydrogen-bond donors (Lipinski definition) is 1. The molecule has 2 aliphatic rings. The van der Waals surface area contributed by atoms with E-state index in [9.17, 15) is 0 Å². The lowest BCUT2D eigenvalue weighted by atomic mass is 10.0. The molecule has 2 aromatic rings. The zero-order valence-electron chi connectivity index (χ0n) is 14.9. The number of rotatable bonds is 3. The molecule has 2 aliphatic heterocycles. The summed E-state index contributed by atoms with van der Waals surface area (Å²) in [6.45, 7) is 3.86. The number of ether oxygens (including phenoxy) is 2. The molecule has 0 radical (unpaired) electrons. The van der Waals surface area contributed by atoms with Gasteiger partial charge in [0, 0.05) is 26.2 Å². The van der Waals surface area contributed by atoms with Gasteiger partial charge in [-0.1, -0.05) is 36.4 Å². The number of nitrogens with one attached hydrogen (secondary N) is 1. The molecule has 5 nitrogen and oxygen atoms in total. The summed E-state index contributed by atoms with van der Waals surface area (Å²) in [7, 11) is 2.16. The molecule has 1 saturated heterocycles. The molecule has 0 aromatic heterocycles. The van der Waals surface area contributed by atoms with Crippen molar-refractivity contribution in [1.82, 2.24) is 15.1 Å². The molecule has 0 saturated carbocycles. The van der Waals surface area contributed by atoms with E-state index in [2.05, 4.69) is 52.5 Å². The lowest BCUT2D eigenvalue weighted by Crippen LogP contribution is -2.52. The maximum Gasteiger partial charge on any atom is 0.231 e. The van der Waals surface area contributed by atoms with Crippen molar-refractivity contribution in [3.05, 3.63) is 59.7 Å². The molecule has 2 heterocycles. The van der Waals surface area contributed by atoms with E-state index in [-0.39, 0.29) is 6.04 Å². The summed E-state index contributed by atoms with van der Waals surface area (Å²) in [5, 5.41) is 4.21. The molecule has 1 N–H and O–H groups in total. The Balaban J connectivity index is 1.44. The summed E-state index contributed by atoms with van der Waals surface area (Å²) < 4.78 is 10.8. The van der Waals surface area contributed by atoms with Crippen LogP contribution in [0.4, 0.5) is 0 Å². The number of piperazine rings is 1. The van der Waals surface area contributed by atoms with Gasteiger partial charge in [-0.3, -0.25) is 0 Å². The number of hydrogen-bond acceptors (Lipinski definition) is 4. The monoisotopic (exact) mass is 369 g/mol. The number of thiocarbonyl (C=S) groups is 1. The van der Waals surface area contributed by atoms with Crippen molar-refractivity contribution in [3.63, 3.8) is 0 Å². The second-order valence-corrected chi connectivity index (χ2v) is 7.12. The zero-order chi connectivity index (χ0) is 17.9. The van der Waals surface area contributed by atoms with E-state index in [1.165, 1.54) is 5.56 Å². The summed E-state index contributed by atoms with van der Waals surface area (Å²) in [5.74, 6) is 1.61. The molecule has 1 atom stereocenters. The molecule has 1 fully saturated rings. The highest BCUT2D eigenvalue weighted by Gasteiger charge is 2.28. The highest BCUT2D eigenvalue weighted by molar-refractivity contribution is 7.80. The normalized spacial score (nSPS) is 19.4. The average Bonchev–Trinajstić information content (AvgIpc) is 3.14. The van der Waals surface area contributed by atoms with Gasteiger partial charge in [0.15, 0.2) is 16.6 Å². The topological polar surface area (TPSA) is 37.0 Å². The quantitative estimate of drug-likeness (QED) is 0.839. The Morgan fingerprint density at radius 1 is 1.12 bits per heavy atom. The Kier molecular flexibility index (Phi) is 4.95. The summed E-state index contributed by atoms with van der Waals surface area (Å²) in [4.78, 5) is 4.66. The molecule has 26 heavy (non-hydrogen) atoms. The first-order chi connectivity index (χ1) is 12.7. The van der Waals surface area contributed by atoms with E-state index < -0.39 is 0 Å². The number of benzene rings is 2. The minimum atomic E-state index is 0.270. The molecule has 136 valence electrons. The molecular formula is C20H23N3O2S. The van der Waals surface area contributed by atoms with Gasteiger partial charge < -0.3 is 24.6 Å². The van der Waals surface area contributed by atoms with Crippen LogP contribution in [-0.4, -0.2) is 48.4 Å². The molecule has 0 spiro atoms. The molecule has 0 unspecified atom stereocenters. The van der Waals surface area contributed by atoms with Gasteiger partial charge in [0.2, 0.25) is 6.79 Å². The van der Waals surface area contributed by atoms with Crippen molar-refractivity contribution in [3.8, 4) is 11.5 Å². The third kappa shape index (κ3) is 3.61. The van der Waals surface area contributed by atoms with Gasteiger partial charge >= 0.3 is 0 Å². The van der Waals surface area contributed by atoms with Crippen LogP contribution >= 0.6 is 12.2 Å². The van der Waals surface area contributed by atoms with Crippen molar-refractivity contribution in [2.75, 3.05) is 33.5 Å². The maximum absolute atomic E-state index is 5.73. The van der Waals surface area contributed by atoms with E-state index >= 15 is 0 Å². The first-order valence-corrected chi connectivity index (χ1v) is 9.28. The zero-order valence-corrected chi connectivity index (χ0v) is 15.7. The highest BCUT2D eigenvalue weighted by atomic mass is 32.1. The second kappa shape index (κ2) is 7.51. The number of nitrogens with zero attached hydrogens (tertiary/aromatic N) is 2. The number of likely N-dealkylation sites (N-methyl/N-ethyl adjacent to an activating group) is 1. The highest BCUT2D eigenvalue weighted by Crippen LogP contribution is 2.32. The molecular weight excluding hydrogens is 346 g/mol. The third-order valence-corrected chi connectivity index (χ3v) is 5.29. The molecule has 0 amide bonds. The summed E-state index contributed by atoms with van der Waals surface area (Å²) in [6.07, 6.45) is 0. The van der Waals surface area contributed by atoms with Crippen molar-refractivity contribution in [2.24, 2.45) is 0 Å². The molecule has 2 aromatic carbocycles. The van der Waals surface area contributed by atoms with E-state index in [1.54, 1.807) is 0 Å². The van der Waals surface area contributed by atoms with E-state index in [1.807, 2.05) is 18.2 Å².